The van der Waals surface area contributed by atoms with Gasteiger partial charge in [-0.25, -0.2) is 4.39 Å². The van der Waals surface area contributed by atoms with E-state index in [0.29, 0.717) is 12.0 Å². The second-order valence-corrected chi connectivity index (χ2v) is 5.34. The minimum absolute atomic E-state index is 0.0915. The van der Waals surface area contributed by atoms with Gasteiger partial charge in [0.05, 0.1) is 0 Å². The first-order valence-corrected chi connectivity index (χ1v) is 6.96. The van der Waals surface area contributed by atoms with Crippen molar-refractivity contribution < 1.29 is 9.13 Å². The number of ether oxygens (including phenoxy) is 1. The van der Waals surface area contributed by atoms with E-state index in [-0.39, 0.29) is 18.0 Å². The van der Waals surface area contributed by atoms with Crippen molar-refractivity contribution in [1.29, 1.82) is 0 Å². The fraction of sp³-hybridized carbons (Fsp3) is 0.294. The lowest BCUT2D eigenvalue weighted by Gasteiger charge is -2.17. The Hall–Kier alpha value is -1.87. The molecule has 2 N–H and O–H groups in total. The molecule has 1 heterocycles. The first-order chi connectivity index (χ1) is 9.72. The molecule has 2 aromatic rings. The third-order valence-electron chi connectivity index (χ3n) is 3.72. The van der Waals surface area contributed by atoms with Gasteiger partial charge in [-0.1, -0.05) is 36.4 Å². The van der Waals surface area contributed by atoms with Gasteiger partial charge < -0.3 is 10.5 Å². The quantitative estimate of drug-likeness (QED) is 0.927. The molecule has 2 unspecified atom stereocenters. The van der Waals surface area contributed by atoms with E-state index >= 15 is 0 Å². The fourth-order valence-electron chi connectivity index (χ4n) is 2.75. The Morgan fingerprint density at radius 2 is 1.90 bits per heavy atom. The molecule has 0 aliphatic carbocycles. The zero-order valence-corrected chi connectivity index (χ0v) is 11.3. The number of para-hydroxylation sites is 1. The van der Waals surface area contributed by atoms with Crippen molar-refractivity contribution in [2.75, 3.05) is 0 Å². The molecule has 0 fully saturated rings. The Balaban J connectivity index is 1.59. The topological polar surface area (TPSA) is 35.2 Å². The maximum Gasteiger partial charge on any atom is 0.126 e. The second kappa shape index (κ2) is 5.63. The number of benzene rings is 2. The minimum Gasteiger partial charge on any atom is -0.490 e. The van der Waals surface area contributed by atoms with Gasteiger partial charge >= 0.3 is 0 Å². The third-order valence-corrected chi connectivity index (χ3v) is 3.72. The monoisotopic (exact) mass is 271 g/mol. The lowest BCUT2D eigenvalue weighted by molar-refractivity contribution is 0.209. The van der Waals surface area contributed by atoms with E-state index in [0.717, 1.165) is 18.6 Å². The summed E-state index contributed by atoms with van der Waals surface area (Å²) in [4.78, 5) is 0. The summed E-state index contributed by atoms with van der Waals surface area (Å²) in [5.41, 5.74) is 8.05. The minimum atomic E-state index is -0.182. The smallest absolute Gasteiger partial charge is 0.126 e. The van der Waals surface area contributed by atoms with Gasteiger partial charge in [0.2, 0.25) is 0 Å². The van der Waals surface area contributed by atoms with Gasteiger partial charge in [0.25, 0.3) is 0 Å². The number of fused-ring (bicyclic) bond motifs is 1. The average Bonchev–Trinajstić information content (AvgIpc) is 2.83. The molecular formula is C17H18FNO. The maximum atomic E-state index is 13.6. The van der Waals surface area contributed by atoms with E-state index in [1.165, 1.54) is 11.6 Å². The first-order valence-electron chi connectivity index (χ1n) is 6.96. The maximum absolute atomic E-state index is 13.6. The van der Waals surface area contributed by atoms with E-state index in [1.807, 2.05) is 24.3 Å². The predicted molar refractivity (Wildman–Crippen MR) is 77.3 cm³/mol. The molecule has 1 aliphatic heterocycles. The highest BCUT2D eigenvalue weighted by atomic mass is 19.1. The lowest BCUT2D eigenvalue weighted by atomic mass is 9.99. The number of halogens is 1. The van der Waals surface area contributed by atoms with E-state index in [2.05, 4.69) is 6.07 Å². The molecule has 0 saturated heterocycles. The molecule has 2 aromatic carbocycles. The van der Waals surface area contributed by atoms with Crippen LogP contribution >= 0.6 is 0 Å². The summed E-state index contributed by atoms with van der Waals surface area (Å²) in [6, 6.07) is 14.8. The summed E-state index contributed by atoms with van der Waals surface area (Å²) in [6.07, 6.45) is 2.28. The summed E-state index contributed by atoms with van der Waals surface area (Å²) in [5.74, 6) is 0.772. The molecule has 0 amide bonds. The van der Waals surface area contributed by atoms with Gasteiger partial charge in [-0.2, -0.15) is 0 Å². The van der Waals surface area contributed by atoms with Crippen molar-refractivity contribution in [2.24, 2.45) is 5.73 Å². The van der Waals surface area contributed by atoms with Crippen LogP contribution < -0.4 is 10.5 Å². The van der Waals surface area contributed by atoms with E-state index < -0.39 is 0 Å². The van der Waals surface area contributed by atoms with E-state index in [9.17, 15) is 4.39 Å². The molecule has 0 aromatic heterocycles. The predicted octanol–water partition coefficient (Wildman–Crippen LogP) is 3.09. The first kappa shape index (κ1) is 13.1. The van der Waals surface area contributed by atoms with Crippen molar-refractivity contribution >= 4 is 0 Å². The highest BCUT2D eigenvalue weighted by molar-refractivity contribution is 5.37. The summed E-state index contributed by atoms with van der Waals surface area (Å²) >= 11 is 0. The fourth-order valence-corrected chi connectivity index (χ4v) is 2.75. The van der Waals surface area contributed by atoms with Crippen LogP contribution in [0.25, 0.3) is 0 Å². The van der Waals surface area contributed by atoms with Gasteiger partial charge in [-0.15, -0.1) is 0 Å². The summed E-state index contributed by atoms with van der Waals surface area (Å²) in [5, 5.41) is 0. The van der Waals surface area contributed by atoms with Crippen molar-refractivity contribution in [3.63, 3.8) is 0 Å². The van der Waals surface area contributed by atoms with Crippen LogP contribution in [0, 0.1) is 5.82 Å². The Morgan fingerprint density at radius 1 is 1.15 bits per heavy atom. The van der Waals surface area contributed by atoms with Gasteiger partial charge in [0, 0.05) is 18.9 Å². The van der Waals surface area contributed by atoms with E-state index in [4.69, 9.17) is 10.5 Å². The molecule has 20 heavy (non-hydrogen) atoms. The van der Waals surface area contributed by atoms with Crippen molar-refractivity contribution in [3.05, 3.63) is 65.5 Å². The number of hydrogen-bond donors (Lipinski definition) is 1. The molecule has 2 atom stereocenters. The number of hydrogen-bond acceptors (Lipinski definition) is 2. The zero-order chi connectivity index (χ0) is 13.9. The Morgan fingerprint density at radius 3 is 2.70 bits per heavy atom. The van der Waals surface area contributed by atoms with Gasteiger partial charge in [0.1, 0.15) is 17.7 Å². The summed E-state index contributed by atoms with van der Waals surface area (Å²) in [6.45, 7) is 0. The van der Waals surface area contributed by atoms with E-state index in [1.54, 1.807) is 12.1 Å². The molecule has 3 rings (SSSR count). The van der Waals surface area contributed by atoms with Gasteiger partial charge in [-0.05, 0) is 29.7 Å². The average molecular weight is 271 g/mol. The molecule has 0 radical (unpaired) electrons. The van der Waals surface area contributed by atoms with Crippen LogP contribution in [0.5, 0.6) is 5.75 Å². The second-order valence-electron chi connectivity index (χ2n) is 5.34. The van der Waals surface area contributed by atoms with Crippen molar-refractivity contribution in [2.45, 2.75) is 31.4 Å². The molecule has 1 aliphatic rings. The molecule has 0 spiro atoms. The van der Waals surface area contributed by atoms with Crippen LogP contribution in [-0.4, -0.2) is 12.1 Å². The normalized spacial score (nSPS) is 18.4. The van der Waals surface area contributed by atoms with Crippen molar-refractivity contribution in [1.82, 2.24) is 0 Å². The largest absolute Gasteiger partial charge is 0.490 e. The third kappa shape index (κ3) is 2.83. The van der Waals surface area contributed by atoms with Gasteiger partial charge in [-0.3, -0.25) is 0 Å². The van der Waals surface area contributed by atoms with Crippen LogP contribution in [0.2, 0.25) is 0 Å². The summed E-state index contributed by atoms with van der Waals surface area (Å²) in [7, 11) is 0. The zero-order valence-electron chi connectivity index (χ0n) is 11.3. The Labute approximate surface area is 118 Å². The van der Waals surface area contributed by atoms with Crippen LogP contribution in [0.3, 0.4) is 0 Å². The van der Waals surface area contributed by atoms with Crippen molar-refractivity contribution in [3.8, 4) is 5.75 Å². The van der Waals surface area contributed by atoms with Gasteiger partial charge in [0.15, 0.2) is 0 Å². The highest BCUT2D eigenvalue weighted by Crippen LogP contribution is 2.30. The highest BCUT2D eigenvalue weighted by Gasteiger charge is 2.24. The molecule has 104 valence electrons. The SMILES string of the molecule is NC(Cc1ccccc1F)CC1Cc2ccccc2O1. The molecule has 0 bridgehead atoms. The Bertz CT molecular complexity index is 574. The number of rotatable bonds is 4. The number of nitrogens with two attached hydrogens (primary N) is 1. The molecule has 2 nitrogen and oxygen atoms in total. The molecule has 3 heteroatoms. The molecule has 0 saturated carbocycles. The van der Waals surface area contributed by atoms with Crippen LogP contribution in [0.4, 0.5) is 4.39 Å². The Kier molecular flexibility index (Phi) is 3.70. The van der Waals surface area contributed by atoms with Crippen LogP contribution in [0.15, 0.2) is 48.5 Å². The lowest BCUT2D eigenvalue weighted by Crippen LogP contribution is -2.30. The van der Waals surface area contributed by atoms with Crippen LogP contribution in [0.1, 0.15) is 17.5 Å². The standard InChI is InChI=1S/C17H18FNO/c18-16-7-3-1-5-12(16)9-14(19)11-15-10-13-6-2-4-8-17(13)20-15/h1-8,14-15H,9-11,19H2. The van der Waals surface area contributed by atoms with Crippen LogP contribution in [-0.2, 0) is 12.8 Å². The summed E-state index contributed by atoms with van der Waals surface area (Å²) < 4.78 is 19.5. The molecular weight excluding hydrogens is 253 g/mol.